The largest absolute Gasteiger partial charge is 0.430 e. The zero-order valence-corrected chi connectivity index (χ0v) is 14.4. The molecule has 2 aromatic carbocycles. The second-order valence-electron chi connectivity index (χ2n) is 5.24. The average molecular weight is 448 g/mol. The van der Waals surface area contributed by atoms with Crippen molar-refractivity contribution >= 4 is 11.4 Å². The minimum absolute atomic E-state index is 0.134. The van der Waals surface area contributed by atoms with E-state index >= 15 is 0 Å². The van der Waals surface area contributed by atoms with Crippen molar-refractivity contribution in [3.8, 4) is 34.1 Å². The van der Waals surface area contributed by atoms with Crippen molar-refractivity contribution < 1.29 is 54.1 Å². The van der Waals surface area contributed by atoms with E-state index in [2.05, 4.69) is 18.9 Å². The highest BCUT2D eigenvalue weighted by molar-refractivity contribution is 5.90. The van der Waals surface area contributed by atoms with Gasteiger partial charge in [-0.1, -0.05) is 12.1 Å². The molecular formula is C16H12F8N2O4. The molecule has 6 nitrogen and oxygen atoms in total. The number of nitrogen functional groups attached to an aromatic ring is 2. The zero-order chi connectivity index (χ0) is 22.6. The fourth-order valence-electron chi connectivity index (χ4n) is 2.41. The lowest BCUT2D eigenvalue weighted by Crippen LogP contribution is -2.15. The molecule has 2 aromatic rings. The Balaban J connectivity index is 2.97. The topological polar surface area (TPSA) is 89.0 Å². The second kappa shape index (κ2) is 9.45. The number of rotatable bonds is 9. The van der Waals surface area contributed by atoms with Crippen molar-refractivity contribution in [3.05, 3.63) is 24.3 Å². The van der Waals surface area contributed by atoms with E-state index in [1.807, 2.05) is 0 Å². The van der Waals surface area contributed by atoms with Crippen LogP contribution in [0.1, 0.15) is 0 Å². The number of hydrogen-bond acceptors (Lipinski definition) is 6. The Hall–Kier alpha value is -3.32. The van der Waals surface area contributed by atoms with Gasteiger partial charge in [-0.2, -0.15) is 35.1 Å². The lowest BCUT2D eigenvalue weighted by Gasteiger charge is -2.24. The maximum atomic E-state index is 13.0. The van der Waals surface area contributed by atoms with Gasteiger partial charge in [-0.3, -0.25) is 0 Å². The highest BCUT2D eigenvalue weighted by atomic mass is 19.3. The van der Waals surface area contributed by atoms with Crippen LogP contribution in [0.25, 0.3) is 11.1 Å². The molecule has 4 N–H and O–H groups in total. The van der Waals surface area contributed by atoms with Crippen molar-refractivity contribution in [1.29, 1.82) is 0 Å². The number of benzene rings is 2. The van der Waals surface area contributed by atoms with Crippen LogP contribution < -0.4 is 30.4 Å². The lowest BCUT2D eigenvalue weighted by molar-refractivity contribution is -0.0750. The van der Waals surface area contributed by atoms with E-state index in [1.54, 1.807) is 0 Å². The molecule has 0 aliphatic carbocycles. The molecular weight excluding hydrogens is 436 g/mol. The molecule has 0 atom stereocenters. The second-order valence-corrected chi connectivity index (χ2v) is 5.24. The van der Waals surface area contributed by atoms with Crippen molar-refractivity contribution in [1.82, 2.24) is 0 Å². The standard InChI is InChI=1S/C16H12F8N2O4/c17-13(18)27-9-7(5-1-3-6(25)4-2-5)10(28-14(19)20)12(30-16(23)24)8(26)11(9)29-15(21)22/h1-4,13-16H,25-26H2. The van der Waals surface area contributed by atoms with Crippen LogP contribution in [0.3, 0.4) is 0 Å². The van der Waals surface area contributed by atoms with Gasteiger partial charge in [-0.05, 0) is 17.7 Å². The van der Waals surface area contributed by atoms with Crippen LogP contribution in [0, 0.1) is 0 Å². The van der Waals surface area contributed by atoms with E-state index in [4.69, 9.17) is 11.5 Å². The third-order valence-electron chi connectivity index (χ3n) is 3.38. The third kappa shape index (κ3) is 5.39. The van der Waals surface area contributed by atoms with Gasteiger partial charge in [0, 0.05) is 5.69 Å². The Morgan fingerprint density at radius 3 is 1.20 bits per heavy atom. The first-order valence-electron chi connectivity index (χ1n) is 7.65. The highest BCUT2D eigenvalue weighted by Gasteiger charge is 2.33. The van der Waals surface area contributed by atoms with Crippen LogP contribution in [0.15, 0.2) is 24.3 Å². The van der Waals surface area contributed by atoms with Crippen LogP contribution in [0.4, 0.5) is 46.5 Å². The van der Waals surface area contributed by atoms with Crippen LogP contribution in [0.5, 0.6) is 23.0 Å². The summed E-state index contributed by atoms with van der Waals surface area (Å²) in [6.07, 6.45) is 0. The van der Waals surface area contributed by atoms with Gasteiger partial charge in [0.25, 0.3) is 0 Å². The van der Waals surface area contributed by atoms with Gasteiger partial charge < -0.3 is 30.4 Å². The molecule has 0 aliphatic heterocycles. The number of anilines is 2. The van der Waals surface area contributed by atoms with Crippen LogP contribution in [-0.4, -0.2) is 26.4 Å². The molecule has 0 fully saturated rings. The Morgan fingerprint density at radius 1 is 0.533 bits per heavy atom. The van der Waals surface area contributed by atoms with Crippen LogP contribution in [0.2, 0.25) is 0 Å². The summed E-state index contributed by atoms with van der Waals surface area (Å²) in [5.74, 6) is -5.25. The predicted octanol–water partition coefficient (Wildman–Crippen LogP) is 4.92. The molecule has 14 heteroatoms. The molecule has 0 bridgehead atoms. The van der Waals surface area contributed by atoms with Gasteiger partial charge in [0.1, 0.15) is 5.69 Å². The van der Waals surface area contributed by atoms with Crippen molar-refractivity contribution in [2.45, 2.75) is 26.4 Å². The maximum Gasteiger partial charge on any atom is 0.387 e. The van der Waals surface area contributed by atoms with Gasteiger partial charge in [0.2, 0.25) is 0 Å². The van der Waals surface area contributed by atoms with E-state index in [9.17, 15) is 35.1 Å². The highest BCUT2D eigenvalue weighted by Crippen LogP contribution is 2.56. The van der Waals surface area contributed by atoms with E-state index in [0.29, 0.717) is 0 Å². The molecule has 0 amide bonds. The fourth-order valence-corrected chi connectivity index (χ4v) is 2.41. The molecule has 0 radical (unpaired) electrons. The number of nitrogens with two attached hydrogens (primary N) is 2. The number of halogens is 8. The summed E-state index contributed by atoms with van der Waals surface area (Å²) in [6, 6.07) is 4.47. The minimum Gasteiger partial charge on any atom is -0.430 e. The summed E-state index contributed by atoms with van der Waals surface area (Å²) in [6.45, 7) is -14.7. The molecule has 0 aliphatic rings. The molecule has 0 saturated carbocycles. The zero-order valence-electron chi connectivity index (χ0n) is 14.4. The first kappa shape index (κ1) is 23.0. The smallest absolute Gasteiger partial charge is 0.387 e. The quantitative estimate of drug-likeness (QED) is 0.418. The Kier molecular flexibility index (Phi) is 7.24. The summed E-state index contributed by atoms with van der Waals surface area (Å²) in [5, 5.41) is 0. The molecule has 166 valence electrons. The maximum absolute atomic E-state index is 13.0. The normalized spacial score (nSPS) is 11.5. The third-order valence-corrected chi connectivity index (χ3v) is 3.38. The molecule has 0 spiro atoms. The van der Waals surface area contributed by atoms with Gasteiger partial charge in [-0.15, -0.1) is 0 Å². The van der Waals surface area contributed by atoms with Crippen molar-refractivity contribution in [2.24, 2.45) is 0 Å². The van der Waals surface area contributed by atoms with Gasteiger partial charge in [-0.25, -0.2) is 0 Å². The Labute approximate surface area is 162 Å². The van der Waals surface area contributed by atoms with Crippen molar-refractivity contribution in [3.63, 3.8) is 0 Å². The predicted molar refractivity (Wildman–Crippen MR) is 87.2 cm³/mol. The average Bonchev–Trinajstić information content (AvgIpc) is 2.62. The van der Waals surface area contributed by atoms with E-state index < -0.39 is 60.7 Å². The Morgan fingerprint density at radius 2 is 0.867 bits per heavy atom. The monoisotopic (exact) mass is 448 g/mol. The molecule has 0 aromatic heterocycles. The molecule has 30 heavy (non-hydrogen) atoms. The van der Waals surface area contributed by atoms with E-state index in [-0.39, 0.29) is 11.3 Å². The summed E-state index contributed by atoms with van der Waals surface area (Å²) in [5.41, 5.74) is 8.60. The molecule has 0 saturated heterocycles. The van der Waals surface area contributed by atoms with Crippen molar-refractivity contribution in [2.75, 3.05) is 11.5 Å². The fraction of sp³-hybridized carbons (Fsp3) is 0.250. The summed E-state index contributed by atoms with van der Waals surface area (Å²) >= 11 is 0. The van der Waals surface area contributed by atoms with Gasteiger partial charge in [0.05, 0.1) is 5.56 Å². The van der Waals surface area contributed by atoms with Crippen LogP contribution >= 0.6 is 0 Å². The van der Waals surface area contributed by atoms with E-state index in [1.165, 1.54) is 12.1 Å². The summed E-state index contributed by atoms with van der Waals surface area (Å²) in [4.78, 5) is 0. The summed E-state index contributed by atoms with van der Waals surface area (Å²) in [7, 11) is 0. The number of hydrogen-bond donors (Lipinski definition) is 2. The van der Waals surface area contributed by atoms with Gasteiger partial charge in [0.15, 0.2) is 23.0 Å². The van der Waals surface area contributed by atoms with Crippen LogP contribution in [-0.2, 0) is 0 Å². The first-order chi connectivity index (χ1) is 14.0. The lowest BCUT2D eigenvalue weighted by atomic mass is 10.0. The number of ether oxygens (including phenoxy) is 4. The number of alkyl halides is 8. The van der Waals surface area contributed by atoms with E-state index in [0.717, 1.165) is 12.1 Å². The molecule has 0 unspecified atom stereocenters. The Bertz CT molecular complexity index is 820. The molecule has 0 heterocycles. The molecule has 2 rings (SSSR count). The SMILES string of the molecule is Nc1ccc(-c2c(OC(F)F)c(OC(F)F)c(N)c(OC(F)F)c2OC(F)F)cc1. The first-order valence-corrected chi connectivity index (χ1v) is 7.65. The summed E-state index contributed by atoms with van der Waals surface area (Å²) < 4.78 is 120. The van der Waals surface area contributed by atoms with Gasteiger partial charge >= 0.3 is 26.4 Å². The minimum atomic E-state index is -3.69.